The van der Waals surface area contributed by atoms with Crippen molar-refractivity contribution in [3.05, 3.63) is 11.6 Å². The van der Waals surface area contributed by atoms with Gasteiger partial charge in [0.15, 0.2) is 0 Å². The van der Waals surface area contributed by atoms with Gasteiger partial charge in [0.25, 0.3) is 0 Å². The molecular formula is C23H36O. The quantitative estimate of drug-likeness (QED) is 0.525. The van der Waals surface area contributed by atoms with Gasteiger partial charge in [-0.25, -0.2) is 0 Å². The van der Waals surface area contributed by atoms with Crippen molar-refractivity contribution < 1.29 is 4.79 Å². The third-order valence-electron chi connectivity index (χ3n) is 9.18. The van der Waals surface area contributed by atoms with Gasteiger partial charge in [0.05, 0.1) is 0 Å². The zero-order valence-electron chi connectivity index (χ0n) is 16.2. The highest BCUT2D eigenvalue weighted by Gasteiger charge is 2.58. The summed E-state index contributed by atoms with van der Waals surface area (Å²) in [4.78, 5) is 12.2. The van der Waals surface area contributed by atoms with E-state index in [1.807, 2.05) is 6.92 Å². The smallest absolute Gasteiger partial charge is 0.133 e. The predicted molar refractivity (Wildman–Crippen MR) is 99.7 cm³/mol. The standard InChI is InChI=1S/C23H36O/c1-15-5-6-17-7-8-18-20-10-9-19(16(2)24)23(20,4)14-12-21(18)22(17,3)13-11-15/h7,15,18-21H,5-6,8-14H2,1-4H3/t15-,18+,19-,20?,21?,22+,23-/m1/s1. The minimum atomic E-state index is 0.298. The van der Waals surface area contributed by atoms with Crippen LogP contribution in [0, 0.1) is 40.4 Å². The number of Topliss-reactive ketones (excluding diaryl/α,β-unsaturated/α-hetero) is 1. The first-order valence-corrected chi connectivity index (χ1v) is 10.6. The molecule has 0 aromatic heterocycles. The highest BCUT2D eigenvalue weighted by atomic mass is 16.1. The minimum absolute atomic E-state index is 0.298. The molecule has 24 heavy (non-hydrogen) atoms. The molecule has 4 aliphatic rings. The number of rotatable bonds is 1. The second-order valence-electron chi connectivity index (χ2n) is 10.2. The van der Waals surface area contributed by atoms with Gasteiger partial charge < -0.3 is 0 Å². The molecule has 0 N–H and O–H groups in total. The van der Waals surface area contributed by atoms with Crippen molar-refractivity contribution in [3.8, 4) is 0 Å². The van der Waals surface area contributed by atoms with E-state index < -0.39 is 0 Å². The van der Waals surface area contributed by atoms with E-state index in [2.05, 4.69) is 26.8 Å². The van der Waals surface area contributed by atoms with E-state index >= 15 is 0 Å². The lowest BCUT2D eigenvalue weighted by Gasteiger charge is -2.56. The maximum atomic E-state index is 12.2. The van der Waals surface area contributed by atoms with Crippen LogP contribution in [0.1, 0.15) is 85.5 Å². The number of carbonyl (C=O) groups is 1. The van der Waals surface area contributed by atoms with Crippen LogP contribution in [-0.2, 0) is 4.79 Å². The van der Waals surface area contributed by atoms with E-state index in [4.69, 9.17) is 0 Å². The first-order valence-electron chi connectivity index (χ1n) is 10.6. The Kier molecular flexibility index (Phi) is 4.01. The third kappa shape index (κ3) is 2.29. The van der Waals surface area contributed by atoms with Gasteiger partial charge >= 0.3 is 0 Å². The van der Waals surface area contributed by atoms with Crippen molar-refractivity contribution >= 4 is 5.78 Å². The van der Waals surface area contributed by atoms with Crippen LogP contribution in [-0.4, -0.2) is 5.78 Å². The lowest BCUT2D eigenvalue weighted by Crippen LogP contribution is -2.49. The molecule has 0 aliphatic heterocycles. The molecule has 1 nitrogen and oxygen atoms in total. The summed E-state index contributed by atoms with van der Waals surface area (Å²) >= 11 is 0. The molecule has 0 amide bonds. The van der Waals surface area contributed by atoms with Gasteiger partial charge in [-0.2, -0.15) is 0 Å². The zero-order chi connectivity index (χ0) is 17.1. The van der Waals surface area contributed by atoms with E-state index in [9.17, 15) is 4.79 Å². The van der Waals surface area contributed by atoms with Crippen LogP contribution in [0.4, 0.5) is 0 Å². The van der Waals surface area contributed by atoms with E-state index in [1.165, 1.54) is 51.4 Å². The minimum Gasteiger partial charge on any atom is -0.300 e. The fourth-order valence-electron chi connectivity index (χ4n) is 7.65. The molecule has 7 atom stereocenters. The number of hydrogen-bond acceptors (Lipinski definition) is 1. The van der Waals surface area contributed by atoms with Crippen LogP contribution in [0.2, 0.25) is 0 Å². The Hall–Kier alpha value is -0.590. The van der Waals surface area contributed by atoms with Gasteiger partial charge in [0.1, 0.15) is 5.78 Å². The lowest BCUT2D eigenvalue weighted by molar-refractivity contribution is -0.127. The van der Waals surface area contributed by atoms with Crippen molar-refractivity contribution in [2.75, 3.05) is 0 Å². The van der Waals surface area contributed by atoms with Gasteiger partial charge in [0.2, 0.25) is 0 Å². The number of ketones is 1. The fourth-order valence-corrected chi connectivity index (χ4v) is 7.65. The van der Waals surface area contributed by atoms with Crippen LogP contribution < -0.4 is 0 Å². The van der Waals surface area contributed by atoms with Crippen molar-refractivity contribution in [2.45, 2.75) is 85.5 Å². The largest absolute Gasteiger partial charge is 0.300 e. The zero-order valence-corrected chi connectivity index (χ0v) is 16.2. The van der Waals surface area contributed by atoms with Gasteiger partial charge in [-0.3, -0.25) is 4.79 Å². The summed E-state index contributed by atoms with van der Waals surface area (Å²) in [5, 5.41) is 0. The van der Waals surface area contributed by atoms with Gasteiger partial charge in [-0.15, -0.1) is 0 Å². The molecule has 0 saturated heterocycles. The number of carbonyl (C=O) groups excluding carboxylic acids is 1. The molecule has 3 fully saturated rings. The molecule has 134 valence electrons. The van der Waals surface area contributed by atoms with Crippen LogP contribution in [0.15, 0.2) is 11.6 Å². The monoisotopic (exact) mass is 328 g/mol. The Labute approximate surface area is 148 Å². The highest BCUT2D eigenvalue weighted by Crippen LogP contribution is 2.66. The lowest BCUT2D eigenvalue weighted by atomic mass is 9.48. The summed E-state index contributed by atoms with van der Waals surface area (Å²) in [7, 11) is 0. The Balaban J connectivity index is 1.66. The molecule has 0 bridgehead atoms. The molecule has 0 spiro atoms. The van der Waals surface area contributed by atoms with Gasteiger partial charge in [0, 0.05) is 5.92 Å². The molecule has 0 aromatic rings. The Morgan fingerprint density at radius 3 is 2.58 bits per heavy atom. The first-order chi connectivity index (χ1) is 11.4. The second-order valence-corrected chi connectivity index (χ2v) is 10.2. The summed E-state index contributed by atoms with van der Waals surface area (Å²) in [6, 6.07) is 0. The molecule has 2 unspecified atom stereocenters. The molecule has 0 radical (unpaired) electrons. The van der Waals surface area contributed by atoms with E-state index in [0.717, 1.165) is 30.1 Å². The highest BCUT2D eigenvalue weighted by molar-refractivity contribution is 5.79. The van der Waals surface area contributed by atoms with Crippen molar-refractivity contribution in [3.63, 3.8) is 0 Å². The molecule has 3 saturated carbocycles. The Morgan fingerprint density at radius 2 is 1.83 bits per heavy atom. The van der Waals surface area contributed by atoms with Crippen molar-refractivity contribution in [1.82, 2.24) is 0 Å². The van der Waals surface area contributed by atoms with E-state index in [1.54, 1.807) is 5.57 Å². The second kappa shape index (κ2) is 5.71. The number of allylic oxidation sites excluding steroid dienone is 2. The predicted octanol–water partition coefficient (Wildman–Crippen LogP) is 6.18. The average Bonchev–Trinajstić information content (AvgIpc) is 2.81. The fraction of sp³-hybridized carbons (Fsp3) is 0.870. The normalized spacial score (nSPS) is 51.0. The molecule has 4 aliphatic carbocycles. The van der Waals surface area contributed by atoms with Crippen LogP contribution in [0.25, 0.3) is 0 Å². The van der Waals surface area contributed by atoms with Crippen LogP contribution >= 0.6 is 0 Å². The summed E-state index contributed by atoms with van der Waals surface area (Å²) in [6.07, 6.45) is 14.6. The third-order valence-corrected chi connectivity index (χ3v) is 9.18. The van der Waals surface area contributed by atoms with Crippen LogP contribution in [0.3, 0.4) is 0 Å². The first kappa shape index (κ1) is 16.9. The van der Waals surface area contributed by atoms with Gasteiger partial charge in [-0.05, 0) is 99.2 Å². The molecular weight excluding hydrogens is 292 g/mol. The Bertz CT molecular complexity index is 560. The number of hydrogen-bond donors (Lipinski definition) is 0. The van der Waals surface area contributed by atoms with Crippen molar-refractivity contribution in [2.24, 2.45) is 40.4 Å². The maximum absolute atomic E-state index is 12.2. The molecule has 1 heteroatoms. The summed E-state index contributed by atoms with van der Waals surface area (Å²) in [5.74, 6) is 4.22. The van der Waals surface area contributed by atoms with E-state index in [-0.39, 0.29) is 0 Å². The summed E-state index contributed by atoms with van der Waals surface area (Å²) in [6.45, 7) is 9.36. The van der Waals surface area contributed by atoms with Crippen LogP contribution in [0.5, 0.6) is 0 Å². The molecule has 0 heterocycles. The summed E-state index contributed by atoms with van der Waals surface area (Å²) in [5.41, 5.74) is 2.56. The molecule has 4 rings (SSSR count). The van der Waals surface area contributed by atoms with E-state index in [0.29, 0.717) is 22.5 Å². The van der Waals surface area contributed by atoms with Crippen molar-refractivity contribution in [1.29, 1.82) is 0 Å². The number of fused-ring (bicyclic) bond motifs is 5. The maximum Gasteiger partial charge on any atom is 0.133 e. The summed E-state index contributed by atoms with van der Waals surface area (Å²) < 4.78 is 0. The van der Waals surface area contributed by atoms with Gasteiger partial charge in [-0.1, -0.05) is 32.4 Å². The topological polar surface area (TPSA) is 17.1 Å². The Morgan fingerprint density at radius 1 is 1.04 bits per heavy atom. The average molecular weight is 329 g/mol. The molecule has 0 aromatic carbocycles. The SMILES string of the molecule is CC(=O)[C@H]1CCC2[C@@H]3CC=C4CC[C@@H](C)CC[C@]4(C)C3CC[C@@]21C.